The first-order chi connectivity index (χ1) is 9.95. The number of thiocarbonyl (C=S) groups is 1. The molecule has 0 atom stereocenters. The number of nitrogens with zero attached hydrogens (tertiary/aromatic N) is 3. The van der Waals surface area contributed by atoms with Crippen molar-refractivity contribution >= 4 is 34.9 Å². The molecular formula is C14H16N4OS2. The summed E-state index contributed by atoms with van der Waals surface area (Å²) in [5.41, 5.74) is 7.76. The molecule has 0 aliphatic heterocycles. The highest BCUT2D eigenvalue weighted by molar-refractivity contribution is 7.98. The van der Waals surface area contributed by atoms with Gasteiger partial charge in [-0.3, -0.25) is 4.79 Å². The van der Waals surface area contributed by atoms with Gasteiger partial charge in [0.1, 0.15) is 4.99 Å². The lowest BCUT2D eigenvalue weighted by Crippen LogP contribution is -2.22. The van der Waals surface area contributed by atoms with Gasteiger partial charge in [-0.25, -0.2) is 4.68 Å². The van der Waals surface area contributed by atoms with E-state index in [4.69, 9.17) is 18.0 Å². The van der Waals surface area contributed by atoms with Crippen molar-refractivity contribution in [3.63, 3.8) is 0 Å². The van der Waals surface area contributed by atoms with Gasteiger partial charge >= 0.3 is 0 Å². The third-order valence-electron chi connectivity index (χ3n) is 2.93. The zero-order chi connectivity index (χ0) is 15.6. The zero-order valence-corrected chi connectivity index (χ0v) is 13.7. The van der Waals surface area contributed by atoms with Crippen LogP contribution >= 0.6 is 24.0 Å². The van der Waals surface area contributed by atoms with Crippen LogP contribution in [0, 0.1) is 0 Å². The maximum Gasteiger partial charge on any atom is 0.273 e. The minimum atomic E-state index is -0.147. The van der Waals surface area contributed by atoms with Crippen molar-refractivity contribution < 1.29 is 4.79 Å². The van der Waals surface area contributed by atoms with Crippen LogP contribution in [-0.4, -0.2) is 45.9 Å². The van der Waals surface area contributed by atoms with E-state index in [9.17, 15) is 4.79 Å². The Balaban J connectivity index is 2.53. The van der Waals surface area contributed by atoms with Crippen LogP contribution in [0.25, 0.3) is 5.69 Å². The van der Waals surface area contributed by atoms with Gasteiger partial charge in [-0.1, -0.05) is 18.3 Å². The van der Waals surface area contributed by atoms with Gasteiger partial charge in [-0.15, -0.1) is 11.8 Å². The average Bonchev–Trinajstić information content (AvgIpc) is 2.94. The molecule has 0 aliphatic carbocycles. The standard InChI is InChI=1S/C14H16N4OS2/c1-17(2)14(19)9-7-8-18(16-9)10-5-4-6-11(21-3)12(10)13(15)20/h4-8H,1-3H3,(H2,15,20). The third kappa shape index (κ3) is 3.08. The van der Waals surface area contributed by atoms with Gasteiger partial charge in [-0.05, 0) is 24.5 Å². The predicted molar refractivity (Wildman–Crippen MR) is 89.2 cm³/mol. The maximum absolute atomic E-state index is 11.9. The lowest BCUT2D eigenvalue weighted by Gasteiger charge is -2.12. The first kappa shape index (κ1) is 15.5. The number of hydrogen-bond acceptors (Lipinski definition) is 4. The number of aromatic nitrogens is 2. The van der Waals surface area contributed by atoms with Gasteiger partial charge in [0.25, 0.3) is 5.91 Å². The molecule has 2 N–H and O–H groups in total. The van der Waals surface area contributed by atoms with Crippen molar-refractivity contribution in [2.45, 2.75) is 4.90 Å². The average molecular weight is 320 g/mol. The molecule has 110 valence electrons. The fourth-order valence-corrected chi connectivity index (χ4v) is 2.84. The summed E-state index contributed by atoms with van der Waals surface area (Å²) < 4.78 is 1.63. The Labute approximate surface area is 133 Å². The Kier molecular flexibility index (Phi) is 4.64. The molecule has 0 aliphatic rings. The quantitative estimate of drug-likeness (QED) is 0.689. The number of nitrogens with two attached hydrogens (primary N) is 1. The van der Waals surface area contributed by atoms with Crippen molar-refractivity contribution in [3.8, 4) is 5.69 Å². The van der Waals surface area contributed by atoms with Crippen LogP contribution in [-0.2, 0) is 0 Å². The third-order valence-corrected chi connectivity index (χ3v) is 3.92. The summed E-state index contributed by atoms with van der Waals surface area (Å²) in [7, 11) is 3.38. The fourth-order valence-electron chi connectivity index (χ4n) is 1.93. The van der Waals surface area contributed by atoms with E-state index in [-0.39, 0.29) is 5.91 Å². The molecule has 0 saturated carbocycles. The molecule has 5 nitrogen and oxygen atoms in total. The summed E-state index contributed by atoms with van der Waals surface area (Å²) in [6, 6.07) is 7.43. The number of carbonyl (C=O) groups excluding carboxylic acids is 1. The van der Waals surface area contributed by atoms with E-state index in [1.54, 1.807) is 42.8 Å². The Hall–Kier alpha value is -1.86. The number of hydrogen-bond donors (Lipinski definition) is 1. The van der Waals surface area contributed by atoms with E-state index < -0.39 is 0 Å². The molecule has 0 fully saturated rings. The molecule has 0 spiro atoms. The number of benzene rings is 1. The van der Waals surface area contributed by atoms with E-state index in [0.717, 1.165) is 16.1 Å². The summed E-state index contributed by atoms with van der Waals surface area (Å²) in [6.45, 7) is 0. The van der Waals surface area contributed by atoms with Crippen LogP contribution in [0.2, 0.25) is 0 Å². The van der Waals surface area contributed by atoms with Gasteiger partial charge in [0.15, 0.2) is 5.69 Å². The summed E-state index contributed by atoms with van der Waals surface area (Å²) in [5, 5.41) is 4.32. The molecule has 0 unspecified atom stereocenters. The molecule has 7 heteroatoms. The van der Waals surface area contributed by atoms with Gasteiger partial charge < -0.3 is 10.6 Å². The topological polar surface area (TPSA) is 64.2 Å². The minimum Gasteiger partial charge on any atom is -0.389 e. The lowest BCUT2D eigenvalue weighted by molar-refractivity contribution is 0.0821. The van der Waals surface area contributed by atoms with E-state index in [1.807, 2.05) is 24.5 Å². The van der Waals surface area contributed by atoms with Crippen LogP contribution in [0.5, 0.6) is 0 Å². The van der Waals surface area contributed by atoms with Crippen LogP contribution in [0.4, 0.5) is 0 Å². The highest BCUT2D eigenvalue weighted by Gasteiger charge is 2.16. The molecule has 2 aromatic rings. The van der Waals surface area contributed by atoms with Crippen molar-refractivity contribution in [3.05, 3.63) is 41.7 Å². The molecule has 1 aromatic heterocycles. The van der Waals surface area contributed by atoms with Crippen molar-refractivity contribution in [1.82, 2.24) is 14.7 Å². The zero-order valence-electron chi connectivity index (χ0n) is 12.0. The van der Waals surface area contributed by atoms with Crippen molar-refractivity contribution in [2.24, 2.45) is 5.73 Å². The first-order valence-electron chi connectivity index (χ1n) is 6.20. The second-order valence-electron chi connectivity index (χ2n) is 4.56. The Bertz CT molecular complexity index is 694. The van der Waals surface area contributed by atoms with E-state index in [1.165, 1.54) is 4.90 Å². The number of rotatable bonds is 4. The molecule has 0 radical (unpaired) electrons. The molecular weight excluding hydrogens is 304 g/mol. The van der Waals surface area contributed by atoms with Crippen LogP contribution in [0.3, 0.4) is 0 Å². The maximum atomic E-state index is 11.9. The Morgan fingerprint density at radius 2 is 2.10 bits per heavy atom. The van der Waals surface area contributed by atoms with E-state index in [2.05, 4.69) is 5.10 Å². The Morgan fingerprint density at radius 1 is 1.38 bits per heavy atom. The summed E-state index contributed by atoms with van der Waals surface area (Å²) in [6.07, 6.45) is 3.70. The largest absolute Gasteiger partial charge is 0.389 e. The highest BCUT2D eigenvalue weighted by atomic mass is 32.2. The van der Waals surface area contributed by atoms with Crippen LogP contribution in [0.15, 0.2) is 35.4 Å². The highest BCUT2D eigenvalue weighted by Crippen LogP contribution is 2.26. The number of carbonyl (C=O) groups is 1. The molecule has 1 heterocycles. The summed E-state index contributed by atoms with van der Waals surface area (Å²) in [5.74, 6) is -0.147. The van der Waals surface area contributed by atoms with Gasteiger partial charge in [-0.2, -0.15) is 5.10 Å². The normalized spacial score (nSPS) is 10.4. The molecule has 0 bridgehead atoms. The van der Waals surface area contributed by atoms with Crippen molar-refractivity contribution in [1.29, 1.82) is 0 Å². The number of thioether (sulfide) groups is 1. The van der Waals surface area contributed by atoms with E-state index >= 15 is 0 Å². The van der Waals surface area contributed by atoms with Crippen LogP contribution < -0.4 is 5.73 Å². The molecule has 1 amide bonds. The molecule has 2 rings (SSSR count). The summed E-state index contributed by atoms with van der Waals surface area (Å²) >= 11 is 6.72. The molecule has 21 heavy (non-hydrogen) atoms. The van der Waals surface area contributed by atoms with Gasteiger partial charge in [0.05, 0.1) is 5.69 Å². The summed E-state index contributed by atoms with van der Waals surface area (Å²) in [4.78, 5) is 14.7. The monoisotopic (exact) mass is 320 g/mol. The van der Waals surface area contributed by atoms with Crippen molar-refractivity contribution in [2.75, 3.05) is 20.4 Å². The molecule has 1 aromatic carbocycles. The smallest absolute Gasteiger partial charge is 0.273 e. The number of amides is 1. The Morgan fingerprint density at radius 3 is 2.67 bits per heavy atom. The second kappa shape index (κ2) is 6.28. The SMILES string of the molecule is CSc1cccc(-n2ccc(C(=O)N(C)C)n2)c1C(N)=S. The van der Waals surface area contributed by atoms with Gasteiger partial charge in [0.2, 0.25) is 0 Å². The fraction of sp³-hybridized carbons (Fsp3) is 0.214. The predicted octanol–water partition coefficient (Wildman–Crippen LogP) is 1.93. The second-order valence-corrected chi connectivity index (χ2v) is 5.85. The molecule has 0 saturated heterocycles. The minimum absolute atomic E-state index is 0.147. The first-order valence-corrected chi connectivity index (χ1v) is 7.83. The van der Waals surface area contributed by atoms with E-state index in [0.29, 0.717) is 10.7 Å². The van der Waals surface area contributed by atoms with Crippen LogP contribution in [0.1, 0.15) is 16.1 Å². The lowest BCUT2D eigenvalue weighted by atomic mass is 10.2. The van der Waals surface area contributed by atoms with Gasteiger partial charge in [0, 0.05) is 30.8 Å².